The summed E-state index contributed by atoms with van der Waals surface area (Å²) >= 11 is 0. The van der Waals surface area contributed by atoms with Crippen LogP contribution in [0.3, 0.4) is 0 Å². The fraction of sp³-hybridized carbons (Fsp3) is 0.471. The van der Waals surface area contributed by atoms with Crippen LogP contribution in [-0.2, 0) is 9.53 Å². The van der Waals surface area contributed by atoms with Gasteiger partial charge in [0.1, 0.15) is 6.10 Å². The van der Waals surface area contributed by atoms with Crippen molar-refractivity contribution in [3.05, 3.63) is 35.4 Å². The Morgan fingerprint density at radius 2 is 1.74 bits per heavy atom. The fourth-order valence-electron chi connectivity index (χ4n) is 2.98. The highest BCUT2D eigenvalue weighted by molar-refractivity contribution is 5.94. The van der Waals surface area contributed by atoms with E-state index in [0.717, 1.165) is 12.8 Å². The van der Waals surface area contributed by atoms with Gasteiger partial charge in [0.2, 0.25) is 0 Å². The summed E-state index contributed by atoms with van der Waals surface area (Å²) in [4.78, 5) is 28.3. The van der Waals surface area contributed by atoms with Gasteiger partial charge in [-0.15, -0.1) is 0 Å². The van der Waals surface area contributed by atoms with Crippen molar-refractivity contribution in [1.82, 2.24) is 9.80 Å². The summed E-state index contributed by atoms with van der Waals surface area (Å²) in [5, 5.41) is 8.79. The van der Waals surface area contributed by atoms with Crippen LogP contribution in [0.1, 0.15) is 28.8 Å². The van der Waals surface area contributed by atoms with Gasteiger partial charge in [-0.25, -0.2) is 0 Å². The van der Waals surface area contributed by atoms with Gasteiger partial charge in [-0.05, 0) is 37.1 Å². The second-order valence-electron chi connectivity index (χ2n) is 5.81. The van der Waals surface area contributed by atoms with Crippen molar-refractivity contribution < 1.29 is 14.3 Å². The molecule has 120 valence electrons. The van der Waals surface area contributed by atoms with E-state index < -0.39 is 0 Å². The average Bonchev–Trinajstić information content (AvgIpc) is 3.15. The molecule has 0 N–H and O–H groups in total. The first-order valence-corrected chi connectivity index (χ1v) is 7.89. The minimum atomic E-state index is -0.296. The topological polar surface area (TPSA) is 73.6 Å². The summed E-state index contributed by atoms with van der Waals surface area (Å²) in [7, 11) is 0. The lowest BCUT2D eigenvalue weighted by atomic mass is 10.1. The van der Waals surface area contributed by atoms with E-state index in [4.69, 9.17) is 10.00 Å². The minimum Gasteiger partial charge on any atom is -0.368 e. The van der Waals surface area contributed by atoms with Crippen LogP contribution in [0.25, 0.3) is 0 Å². The third kappa shape index (κ3) is 3.35. The SMILES string of the molecule is N#Cc1ccc(C(=O)N2CCN(C(=O)[C@H]3CCCO3)CC2)cc1. The minimum absolute atomic E-state index is 0.0490. The van der Waals surface area contributed by atoms with Crippen LogP contribution in [0, 0.1) is 11.3 Å². The van der Waals surface area contributed by atoms with Gasteiger partial charge in [-0.2, -0.15) is 5.26 Å². The Morgan fingerprint density at radius 3 is 2.30 bits per heavy atom. The fourth-order valence-corrected chi connectivity index (χ4v) is 2.98. The van der Waals surface area contributed by atoms with Gasteiger partial charge in [0.15, 0.2) is 0 Å². The van der Waals surface area contributed by atoms with Gasteiger partial charge in [-0.3, -0.25) is 9.59 Å². The van der Waals surface area contributed by atoms with Crippen LogP contribution in [0.4, 0.5) is 0 Å². The molecule has 2 aliphatic heterocycles. The van der Waals surface area contributed by atoms with Crippen LogP contribution in [0.15, 0.2) is 24.3 Å². The first-order chi connectivity index (χ1) is 11.2. The number of carbonyl (C=O) groups excluding carboxylic acids is 2. The standard InChI is InChI=1S/C17H19N3O3/c18-12-13-3-5-14(6-4-13)16(21)19-7-9-20(10-8-19)17(22)15-2-1-11-23-15/h3-6,15H,1-2,7-11H2/t15-/m1/s1. The van der Waals surface area contributed by atoms with Crippen molar-refractivity contribution in [2.24, 2.45) is 0 Å². The van der Waals surface area contributed by atoms with E-state index in [1.54, 1.807) is 34.1 Å². The van der Waals surface area contributed by atoms with E-state index in [1.807, 2.05) is 6.07 Å². The molecule has 2 saturated heterocycles. The first-order valence-electron chi connectivity index (χ1n) is 7.89. The lowest BCUT2D eigenvalue weighted by Crippen LogP contribution is -2.52. The number of nitriles is 1. The zero-order valence-corrected chi connectivity index (χ0v) is 12.9. The highest BCUT2D eigenvalue weighted by Gasteiger charge is 2.31. The Kier molecular flexibility index (Phi) is 4.58. The summed E-state index contributed by atoms with van der Waals surface area (Å²) in [5.41, 5.74) is 1.11. The van der Waals surface area contributed by atoms with Gasteiger partial charge >= 0.3 is 0 Å². The first kappa shape index (κ1) is 15.5. The monoisotopic (exact) mass is 313 g/mol. The van der Waals surface area contributed by atoms with Gasteiger partial charge in [0.05, 0.1) is 11.6 Å². The van der Waals surface area contributed by atoms with Crippen LogP contribution in [-0.4, -0.2) is 60.5 Å². The summed E-state index contributed by atoms with van der Waals surface area (Å²) in [6, 6.07) is 8.67. The second-order valence-corrected chi connectivity index (χ2v) is 5.81. The normalized spacial score (nSPS) is 21.1. The molecule has 6 nitrogen and oxygen atoms in total. The molecule has 23 heavy (non-hydrogen) atoms. The number of amides is 2. The number of carbonyl (C=O) groups is 2. The van der Waals surface area contributed by atoms with E-state index in [2.05, 4.69) is 0 Å². The predicted molar refractivity (Wildman–Crippen MR) is 82.6 cm³/mol. The van der Waals surface area contributed by atoms with E-state index in [0.29, 0.717) is 43.9 Å². The van der Waals surface area contributed by atoms with Crippen molar-refractivity contribution in [1.29, 1.82) is 5.26 Å². The largest absolute Gasteiger partial charge is 0.368 e. The molecular formula is C17H19N3O3. The summed E-state index contributed by atoms with van der Waals surface area (Å²) in [6.45, 7) is 2.80. The van der Waals surface area contributed by atoms with E-state index in [1.165, 1.54) is 0 Å². The Morgan fingerprint density at radius 1 is 1.09 bits per heavy atom. The molecule has 6 heteroatoms. The van der Waals surface area contributed by atoms with Crippen molar-refractivity contribution in [2.75, 3.05) is 32.8 Å². The second kappa shape index (κ2) is 6.80. The van der Waals surface area contributed by atoms with Crippen LogP contribution < -0.4 is 0 Å². The van der Waals surface area contributed by atoms with E-state index >= 15 is 0 Å². The summed E-state index contributed by atoms with van der Waals surface area (Å²) in [5.74, 6) is -0.00771. The third-order valence-corrected chi connectivity index (χ3v) is 4.34. The van der Waals surface area contributed by atoms with Gasteiger partial charge in [-0.1, -0.05) is 0 Å². The molecule has 2 heterocycles. The highest BCUT2D eigenvalue weighted by Crippen LogP contribution is 2.17. The van der Waals surface area contributed by atoms with Gasteiger partial charge < -0.3 is 14.5 Å². The molecule has 0 spiro atoms. The Hall–Kier alpha value is -2.39. The molecule has 0 aromatic heterocycles. The van der Waals surface area contributed by atoms with Crippen molar-refractivity contribution >= 4 is 11.8 Å². The molecule has 1 aromatic carbocycles. The Balaban J connectivity index is 1.56. The number of ether oxygens (including phenoxy) is 1. The summed E-state index contributed by atoms with van der Waals surface area (Å²) in [6.07, 6.45) is 1.44. The zero-order chi connectivity index (χ0) is 16.2. The number of benzene rings is 1. The molecule has 2 fully saturated rings. The van der Waals surface area contributed by atoms with Crippen LogP contribution >= 0.6 is 0 Å². The third-order valence-electron chi connectivity index (χ3n) is 4.34. The molecule has 0 aliphatic carbocycles. The Bertz CT molecular complexity index is 621. The molecule has 2 aliphatic rings. The maximum Gasteiger partial charge on any atom is 0.253 e. The Labute approximate surface area is 135 Å². The van der Waals surface area contributed by atoms with Crippen LogP contribution in [0.2, 0.25) is 0 Å². The maximum absolute atomic E-state index is 12.4. The molecule has 1 atom stereocenters. The summed E-state index contributed by atoms with van der Waals surface area (Å²) < 4.78 is 5.44. The predicted octanol–water partition coefficient (Wildman–Crippen LogP) is 1.02. The number of hydrogen-bond acceptors (Lipinski definition) is 4. The molecular weight excluding hydrogens is 294 g/mol. The average molecular weight is 313 g/mol. The molecule has 0 unspecified atom stereocenters. The number of hydrogen-bond donors (Lipinski definition) is 0. The van der Waals surface area contributed by atoms with Gasteiger partial charge in [0.25, 0.3) is 11.8 Å². The number of nitrogens with zero attached hydrogens (tertiary/aromatic N) is 3. The lowest BCUT2D eigenvalue weighted by molar-refractivity contribution is -0.142. The smallest absolute Gasteiger partial charge is 0.253 e. The van der Waals surface area contributed by atoms with Crippen molar-refractivity contribution in [3.63, 3.8) is 0 Å². The number of piperazine rings is 1. The molecule has 0 bridgehead atoms. The van der Waals surface area contributed by atoms with Gasteiger partial charge in [0, 0.05) is 38.3 Å². The molecule has 0 saturated carbocycles. The maximum atomic E-state index is 12.4. The zero-order valence-electron chi connectivity index (χ0n) is 12.9. The van der Waals surface area contributed by atoms with Crippen molar-refractivity contribution in [3.8, 4) is 6.07 Å². The molecule has 1 aromatic rings. The van der Waals surface area contributed by atoms with Crippen molar-refractivity contribution in [2.45, 2.75) is 18.9 Å². The molecule has 3 rings (SSSR count). The van der Waals surface area contributed by atoms with E-state index in [-0.39, 0.29) is 17.9 Å². The highest BCUT2D eigenvalue weighted by atomic mass is 16.5. The lowest BCUT2D eigenvalue weighted by Gasteiger charge is -2.35. The van der Waals surface area contributed by atoms with E-state index in [9.17, 15) is 9.59 Å². The number of rotatable bonds is 2. The quantitative estimate of drug-likeness (QED) is 0.817. The molecule has 2 amide bonds. The van der Waals surface area contributed by atoms with Crippen LogP contribution in [0.5, 0.6) is 0 Å². The molecule has 0 radical (unpaired) electrons.